The molecule has 0 saturated heterocycles. The Balaban J connectivity index is 3.04. The van der Waals surface area contributed by atoms with Crippen LogP contribution in [-0.4, -0.2) is 24.0 Å². The summed E-state index contributed by atoms with van der Waals surface area (Å²) in [6.45, 7) is 1.23. The van der Waals surface area contributed by atoms with Crippen molar-refractivity contribution in [2.24, 2.45) is 0 Å². The molecule has 84 valence electrons. The van der Waals surface area contributed by atoms with Crippen LogP contribution in [0.2, 0.25) is 0 Å². The van der Waals surface area contributed by atoms with E-state index in [-0.39, 0.29) is 5.57 Å². The van der Waals surface area contributed by atoms with Crippen LogP contribution >= 0.6 is 0 Å². The van der Waals surface area contributed by atoms with Gasteiger partial charge in [0.05, 0.1) is 7.11 Å². The van der Waals surface area contributed by atoms with Crippen LogP contribution in [0.15, 0.2) is 29.8 Å². The number of ether oxygens (including phenoxy) is 1. The maximum atomic E-state index is 11.0. The molecule has 1 rings (SSSR count). The molecule has 0 heterocycles. The van der Waals surface area contributed by atoms with Crippen LogP contribution in [-0.2, 0) is 9.59 Å². The standard InChI is InChI=1S/C12H12O4/c1-8(13)11(12(14)15)7-9-3-5-10(16-2)6-4-9/h3-7H,1-2H3,(H,14,15). The SMILES string of the molecule is COc1ccc(C=C(C(C)=O)C(=O)O)cc1. The molecule has 0 saturated carbocycles. The fourth-order valence-corrected chi connectivity index (χ4v) is 1.18. The fourth-order valence-electron chi connectivity index (χ4n) is 1.18. The molecule has 16 heavy (non-hydrogen) atoms. The molecular weight excluding hydrogens is 208 g/mol. The maximum absolute atomic E-state index is 11.0. The zero-order chi connectivity index (χ0) is 12.1. The molecule has 0 aliphatic carbocycles. The summed E-state index contributed by atoms with van der Waals surface area (Å²) in [5.74, 6) is -1.01. The molecule has 0 radical (unpaired) electrons. The fraction of sp³-hybridized carbons (Fsp3) is 0.167. The monoisotopic (exact) mass is 220 g/mol. The summed E-state index contributed by atoms with van der Waals surface area (Å²) in [5.41, 5.74) is 0.415. The number of ketones is 1. The normalized spacial score (nSPS) is 11.0. The first-order valence-electron chi connectivity index (χ1n) is 4.64. The smallest absolute Gasteiger partial charge is 0.339 e. The summed E-state index contributed by atoms with van der Waals surface area (Å²) < 4.78 is 4.97. The van der Waals surface area contributed by atoms with Gasteiger partial charge in [0, 0.05) is 0 Å². The Morgan fingerprint density at radius 2 is 1.81 bits per heavy atom. The molecule has 0 bridgehead atoms. The minimum Gasteiger partial charge on any atom is -0.497 e. The number of benzene rings is 1. The lowest BCUT2D eigenvalue weighted by molar-refractivity contribution is -0.134. The predicted molar refractivity (Wildman–Crippen MR) is 59.3 cm³/mol. The van der Waals surface area contributed by atoms with Crippen molar-refractivity contribution < 1.29 is 19.4 Å². The number of rotatable bonds is 4. The van der Waals surface area contributed by atoms with Gasteiger partial charge in [0.2, 0.25) is 0 Å². The van der Waals surface area contributed by atoms with Gasteiger partial charge in [-0.1, -0.05) is 12.1 Å². The number of carboxylic acid groups (broad SMARTS) is 1. The lowest BCUT2D eigenvalue weighted by Crippen LogP contribution is -2.08. The van der Waals surface area contributed by atoms with Crippen molar-refractivity contribution in [1.82, 2.24) is 0 Å². The molecular formula is C12H12O4. The zero-order valence-electron chi connectivity index (χ0n) is 9.06. The van der Waals surface area contributed by atoms with Gasteiger partial charge in [-0.2, -0.15) is 0 Å². The summed E-state index contributed by atoms with van der Waals surface area (Å²) >= 11 is 0. The first-order chi connectivity index (χ1) is 7.54. The van der Waals surface area contributed by atoms with Gasteiger partial charge in [0.15, 0.2) is 5.78 Å². The van der Waals surface area contributed by atoms with Crippen LogP contribution in [0.4, 0.5) is 0 Å². The summed E-state index contributed by atoms with van der Waals surface area (Å²) in [5, 5.41) is 8.79. The second-order valence-electron chi connectivity index (χ2n) is 3.19. The van der Waals surface area contributed by atoms with Crippen molar-refractivity contribution in [3.63, 3.8) is 0 Å². The molecule has 0 spiro atoms. The lowest BCUT2D eigenvalue weighted by Gasteiger charge is -2.00. The van der Waals surface area contributed by atoms with Crippen molar-refractivity contribution >= 4 is 17.8 Å². The first-order valence-corrected chi connectivity index (χ1v) is 4.64. The maximum Gasteiger partial charge on any atom is 0.339 e. The molecule has 0 unspecified atom stereocenters. The van der Waals surface area contributed by atoms with Crippen LogP contribution in [0.25, 0.3) is 6.08 Å². The summed E-state index contributed by atoms with van der Waals surface area (Å²) in [6, 6.07) is 6.77. The number of methoxy groups -OCH3 is 1. The van der Waals surface area contributed by atoms with E-state index in [2.05, 4.69) is 0 Å². The summed E-state index contributed by atoms with van der Waals surface area (Å²) in [7, 11) is 1.54. The van der Waals surface area contributed by atoms with E-state index in [1.807, 2.05) is 0 Å². The average Bonchev–Trinajstić information content (AvgIpc) is 2.25. The van der Waals surface area contributed by atoms with E-state index < -0.39 is 11.8 Å². The van der Waals surface area contributed by atoms with Crippen LogP contribution in [0.3, 0.4) is 0 Å². The number of carbonyl (C=O) groups is 2. The summed E-state index contributed by atoms with van der Waals surface area (Å²) in [6.07, 6.45) is 1.34. The minimum atomic E-state index is -1.22. The van der Waals surface area contributed by atoms with E-state index in [4.69, 9.17) is 9.84 Å². The molecule has 4 nitrogen and oxygen atoms in total. The van der Waals surface area contributed by atoms with Crippen molar-refractivity contribution in [1.29, 1.82) is 0 Å². The van der Waals surface area contributed by atoms with Crippen LogP contribution < -0.4 is 4.74 Å². The van der Waals surface area contributed by atoms with Crippen molar-refractivity contribution in [3.8, 4) is 5.75 Å². The van der Waals surface area contributed by atoms with Crippen LogP contribution in [0, 0.1) is 0 Å². The third-order valence-corrected chi connectivity index (χ3v) is 2.04. The zero-order valence-corrected chi connectivity index (χ0v) is 9.06. The van der Waals surface area contributed by atoms with Crippen LogP contribution in [0.1, 0.15) is 12.5 Å². The Hall–Kier alpha value is -2.10. The molecule has 0 amide bonds. The van der Waals surface area contributed by atoms with E-state index in [0.29, 0.717) is 11.3 Å². The van der Waals surface area contributed by atoms with Crippen molar-refractivity contribution in [3.05, 3.63) is 35.4 Å². The second kappa shape index (κ2) is 5.11. The second-order valence-corrected chi connectivity index (χ2v) is 3.19. The van der Waals surface area contributed by atoms with Gasteiger partial charge < -0.3 is 9.84 Å². The molecule has 1 aromatic rings. The highest BCUT2D eigenvalue weighted by atomic mass is 16.5. The number of carbonyl (C=O) groups excluding carboxylic acids is 1. The molecule has 1 N–H and O–H groups in total. The largest absolute Gasteiger partial charge is 0.497 e. The Kier molecular flexibility index (Phi) is 3.83. The van der Waals surface area contributed by atoms with Gasteiger partial charge in [-0.3, -0.25) is 4.79 Å². The highest BCUT2D eigenvalue weighted by molar-refractivity contribution is 6.19. The topological polar surface area (TPSA) is 63.6 Å². The van der Waals surface area contributed by atoms with E-state index in [1.54, 1.807) is 31.4 Å². The molecule has 0 aliphatic rings. The van der Waals surface area contributed by atoms with Gasteiger partial charge in [0.25, 0.3) is 0 Å². The molecule has 0 atom stereocenters. The lowest BCUT2D eigenvalue weighted by atomic mass is 10.1. The molecule has 0 aliphatic heterocycles. The third kappa shape index (κ3) is 2.95. The first kappa shape index (κ1) is 12.0. The van der Waals surface area contributed by atoms with Gasteiger partial charge in [0.1, 0.15) is 11.3 Å². The molecule has 0 aromatic heterocycles. The van der Waals surface area contributed by atoms with Crippen LogP contribution in [0.5, 0.6) is 5.75 Å². The van der Waals surface area contributed by atoms with E-state index in [9.17, 15) is 9.59 Å². The quantitative estimate of drug-likeness (QED) is 0.477. The predicted octanol–water partition coefficient (Wildman–Crippen LogP) is 1.75. The Morgan fingerprint density at radius 1 is 1.25 bits per heavy atom. The van der Waals surface area contributed by atoms with Gasteiger partial charge >= 0.3 is 5.97 Å². The van der Waals surface area contributed by atoms with Gasteiger partial charge in [-0.05, 0) is 30.7 Å². The van der Waals surface area contributed by atoms with Gasteiger partial charge in [-0.15, -0.1) is 0 Å². The Morgan fingerprint density at radius 3 is 2.19 bits per heavy atom. The molecule has 0 fully saturated rings. The molecule has 4 heteroatoms. The third-order valence-electron chi connectivity index (χ3n) is 2.04. The Bertz CT molecular complexity index is 413. The van der Waals surface area contributed by atoms with Crippen molar-refractivity contribution in [2.45, 2.75) is 6.92 Å². The number of hydrogen-bond acceptors (Lipinski definition) is 3. The summed E-state index contributed by atoms with van der Waals surface area (Å²) in [4.78, 5) is 21.8. The number of carboxylic acids is 1. The highest BCUT2D eigenvalue weighted by Gasteiger charge is 2.12. The number of hydrogen-bond donors (Lipinski definition) is 1. The number of Topliss-reactive ketones (excluding diaryl/α,β-unsaturated/α-hetero) is 1. The van der Waals surface area contributed by atoms with E-state index >= 15 is 0 Å². The number of aliphatic carboxylic acids is 1. The van der Waals surface area contributed by atoms with Gasteiger partial charge in [-0.25, -0.2) is 4.79 Å². The van der Waals surface area contributed by atoms with E-state index in [1.165, 1.54) is 13.0 Å². The Labute approximate surface area is 93.2 Å². The molecule has 1 aromatic carbocycles. The minimum absolute atomic E-state index is 0.231. The highest BCUT2D eigenvalue weighted by Crippen LogP contribution is 2.14. The van der Waals surface area contributed by atoms with E-state index in [0.717, 1.165) is 0 Å². The van der Waals surface area contributed by atoms with Crippen molar-refractivity contribution in [2.75, 3.05) is 7.11 Å². The average molecular weight is 220 g/mol.